The maximum atomic E-state index is 9.71. The number of aliphatic hydroxyl groups is 1. The molecule has 1 aromatic rings. The second kappa shape index (κ2) is 6.09. The second-order valence-electron chi connectivity index (χ2n) is 3.27. The number of aryl methyl sites for hydroxylation is 1. The minimum atomic E-state index is -0.254. The van der Waals surface area contributed by atoms with Gasteiger partial charge in [-0.25, -0.2) is 4.98 Å². The number of hydrogen-bond acceptors (Lipinski definition) is 3. The van der Waals surface area contributed by atoms with Gasteiger partial charge in [0.25, 0.3) is 0 Å². The van der Waals surface area contributed by atoms with Crippen molar-refractivity contribution in [1.29, 1.82) is 0 Å². The van der Waals surface area contributed by atoms with E-state index in [0.717, 1.165) is 24.5 Å². The molecule has 1 aromatic heterocycles. The van der Waals surface area contributed by atoms with Gasteiger partial charge in [-0.1, -0.05) is 0 Å². The van der Waals surface area contributed by atoms with E-state index in [1.165, 1.54) is 0 Å². The molecule has 80 valence electrons. The molecule has 0 spiro atoms. The van der Waals surface area contributed by atoms with Gasteiger partial charge in [-0.05, 0) is 25.4 Å². The van der Waals surface area contributed by atoms with E-state index >= 15 is 0 Å². The molecule has 1 N–H and O–H groups in total. The number of hydrogen-bond donors (Lipinski definition) is 1. The Kier molecular flexibility index (Phi) is 5.04. The van der Waals surface area contributed by atoms with Crippen LogP contribution in [-0.4, -0.2) is 32.8 Å². The number of aliphatic hydroxyl groups excluding tert-OH is 1. The molecular weight excluding hydrogens is 196 g/mol. The predicted octanol–water partition coefficient (Wildman–Crippen LogP) is 1.56. The molecule has 14 heavy (non-hydrogen) atoms. The van der Waals surface area contributed by atoms with Crippen molar-refractivity contribution in [2.24, 2.45) is 0 Å². The van der Waals surface area contributed by atoms with Crippen molar-refractivity contribution in [1.82, 2.24) is 9.55 Å². The maximum Gasteiger partial charge on any atom is 0.111 e. The van der Waals surface area contributed by atoms with Crippen molar-refractivity contribution in [2.45, 2.75) is 32.4 Å². The van der Waals surface area contributed by atoms with E-state index in [1.54, 1.807) is 18.0 Å². The summed E-state index contributed by atoms with van der Waals surface area (Å²) >= 11 is 1.77. The van der Waals surface area contributed by atoms with E-state index < -0.39 is 0 Å². The number of nitrogens with zero attached hydrogens (tertiary/aromatic N) is 2. The Morgan fingerprint density at radius 2 is 2.43 bits per heavy atom. The summed E-state index contributed by atoms with van der Waals surface area (Å²) in [4.78, 5) is 4.23. The molecule has 0 bridgehead atoms. The highest BCUT2D eigenvalue weighted by molar-refractivity contribution is 7.98. The molecule has 0 aliphatic carbocycles. The van der Waals surface area contributed by atoms with Crippen molar-refractivity contribution in [3.63, 3.8) is 0 Å². The van der Waals surface area contributed by atoms with Crippen molar-refractivity contribution in [3.8, 4) is 0 Å². The highest BCUT2D eigenvalue weighted by atomic mass is 32.2. The van der Waals surface area contributed by atoms with Crippen LogP contribution in [0.2, 0.25) is 0 Å². The monoisotopic (exact) mass is 214 g/mol. The summed E-state index contributed by atoms with van der Waals surface area (Å²) < 4.78 is 2.07. The standard InChI is InChI=1S/C10H18N2OS/c1-3-12-6-5-11-10(12)8-9(13)4-7-14-2/h5-6,9,13H,3-4,7-8H2,1-2H3. The van der Waals surface area contributed by atoms with Crippen molar-refractivity contribution >= 4 is 11.8 Å². The molecule has 0 aliphatic rings. The van der Waals surface area contributed by atoms with E-state index in [1.807, 2.05) is 6.20 Å². The Morgan fingerprint density at radius 3 is 3.07 bits per heavy atom. The fourth-order valence-corrected chi connectivity index (χ4v) is 1.89. The minimum Gasteiger partial charge on any atom is -0.393 e. The molecule has 1 atom stereocenters. The Labute approximate surface area is 89.5 Å². The third-order valence-corrected chi connectivity index (χ3v) is 2.86. The average molecular weight is 214 g/mol. The Bertz CT molecular complexity index is 262. The molecule has 1 heterocycles. The smallest absolute Gasteiger partial charge is 0.111 e. The van der Waals surface area contributed by atoms with E-state index in [-0.39, 0.29) is 6.10 Å². The van der Waals surface area contributed by atoms with Crippen molar-refractivity contribution in [3.05, 3.63) is 18.2 Å². The average Bonchev–Trinajstić information content (AvgIpc) is 2.62. The van der Waals surface area contributed by atoms with Gasteiger partial charge in [0.2, 0.25) is 0 Å². The number of thioether (sulfide) groups is 1. The fraction of sp³-hybridized carbons (Fsp3) is 0.700. The number of rotatable bonds is 6. The lowest BCUT2D eigenvalue weighted by Gasteiger charge is -2.10. The van der Waals surface area contributed by atoms with Crippen molar-refractivity contribution < 1.29 is 5.11 Å². The van der Waals surface area contributed by atoms with Gasteiger partial charge in [0.05, 0.1) is 6.10 Å². The molecule has 4 heteroatoms. The Hall–Kier alpha value is -0.480. The van der Waals surface area contributed by atoms with E-state index in [2.05, 4.69) is 22.7 Å². The van der Waals surface area contributed by atoms with E-state index in [0.29, 0.717) is 6.42 Å². The highest BCUT2D eigenvalue weighted by Crippen LogP contribution is 2.07. The highest BCUT2D eigenvalue weighted by Gasteiger charge is 2.08. The zero-order chi connectivity index (χ0) is 10.4. The van der Waals surface area contributed by atoms with E-state index in [4.69, 9.17) is 0 Å². The lowest BCUT2D eigenvalue weighted by Crippen LogP contribution is -2.15. The minimum absolute atomic E-state index is 0.254. The molecule has 0 fully saturated rings. The van der Waals surface area contributed by atoms with Crippen LogP contribution in [0, 0.1) is 0 Å². The Balaban J connectivity index is 2.42. The molecule has 3 nitrogen and oxygen atoms in total. The summed E-state index contributed by atoms with van der Waals surface area (Å²) in [5.41, 5.74) is 0. The van der Waals surface area contributed by atoms with Crippen LogP contribution in [-0.2, 0) is 13.0 Å². The van der Waals surface area contributed by atoms with Gasteiger partial charge in [0, 0.05) is 25.4 Å². The summed E-state index contributed by atoms with van der Waals surface area (Å²) in [7, 11) is 0. The maximum absolute atomic E-state index is 9.71. The number of imidazole rings is 1. The third-order valence-electron chi connectivity index (χ3n) is 2.22. The molecular formula is C10H18N2OS. The summed E-state index contributed by atoms with van der Waals surface area (Å²) in [5.74, 6) is 2.00. The van der Waals surface area contributed by atoms with Crippen LogP contribution in [0.25, 0.3) is 0 Å². The van der Waals surface area contributed by atoms with Crippen LogP contribution in [0.4, 0.5) is 0 Å². The first kappa shape index (κ1) is 11.6. The quantitative estimate of drug-likeness (QED) is 0.781. The van der Waals surface area contributed by atoms with Crippen LogP contribution < -0.4 is 0 Å². The van der Waals surface area contributed by atoms with Gasteiger partial charge in [0.15, 0.2) is 0 Å². The normalized spacial score (nSPS) is 13.1. The third kappa shape index (κ3) is 3.35. The molecule has 0 aliphatic heterocycles. The zero-order valence-corrected chi connectivity index (χ0v) is 9.63. The van der Waals surface area contributed by atoms with Gasteiger partial charge in [-0.3, -0.25) is 0 Å². The van der Waals surface area contributed by atoms with Crippen LogP contribution in [0.3, 0.4) is 0 Å². The summed E-state index contributed by atoms with van der Waals surface area (Å²) in [5, 5.41) is 9.71. The summed E-state index contributed by atoms with van der Waals surface area (Å²) in [6.07, 6.45) is 7.06. The Morgan fingerprint density at radius 1 is 1.64 bits per heavy atom. The van der Waals surface area contributed by atoms with Gasteiger partial charge < -0.3 is 9.67 Å². The molecule has 1 rings (SSSR count). The van der Waals surface area contributed by atoms with Crippen molar-refractivity contribution in [2.75, 3.05) is 12.0 Å². The molecule has 0 aromatic carbocycles. The van der Waals surface area contributed by atoms with Gasteiger partial charge in [-0.2, -0.15) is 11.8 Å². The molecule has 0 amide bonds. The largest absolute Gasteiger partial charge is 0.393 e. The first-order valence-corrected chi connectivity index (χ1v) is 6.34. The molecule has 1 unspecified atom stereocenters. The molecule has 0 saturated heterocycles. The van der Waals surface area contributed by atoms with E-state index in [9.17, 15) is 5.11 Å². The lowest BCUT2D eigenvalue weighted by atomic mass is 10.2. The summed E-state index contributed by atoms with van der Waals surface area (Å²) in [6, 6.07) is 0. The topological polar surface area (TPSA) is 38.0 Å². The first-order valence-electron chi connectivity index (χ1n) is 4.95. The molecule has 0 radical (unpaired) electrons. The lowest BCUT2D eigenvalue weighted by molar-refractivity contribution is 0.168. The zero-order valence-electron chi connectivity index (χ0n) is 8.81. The van der Waals surface area contributed by atoms with Crippen LogP contribution in [0.15, 0.2) is 12.4 Å². The van der Waals surface area contributed by atoms with Gasteiger partial charge in [-0.15, -0.1) is 0 Å². The number of aromatic nitrogens is 2. The first-order chi connectivity index (χ1) is 6.77. The van der Waals surface area contributed by atoms with Gasteiger partial charge >= 0.3 is 0 Å². The van der Waals surface area contributed by atoms with Gasteiger partial charge in [0.1, 0.15) is 5.82 Å². The predicted molar refractivity (Wildman–Crippen MR) is 60.6 cm³/mol. The van der Waals surface area contributed by atoms with Crippen LogP contribution >= 0.6 is 11.8 Å². The summed E-state index contributed by atoms with van der Waals surface area (Å²) in [6.45, 7) is 3.00. The SMILES string of the molecule is CCn1ccnc1CC(O)CCSC. The van der Waals surface area contributed by atoms with Crippen LogP contribution in [0.1, 0.15) is 19.2 Å². The fourth-order valence-electron chi connectivity index (χ4n) is 1.38. The van der Waals surface area contributed by atoms with Crippen LogP contribution in [0.5, 0.6) is 0 Å². The molecule has 0 saturated carbocycles. The second-order valence-corrected chi connectivity index (χ2v) is 4.25.